The van der Waals surface area contributed by atoms with Crippen LogP contribution in [-0.2, 0) is 9.59 Å². The van der Waals surface area contributed by atoms with Crippen LogP contribution >= 0.6 is 0 Å². The van der Waals surface area contributed by atoms with Crippen LogP contribution in [0.1, 0.15) is 62.7 Å². The normalized spacial score (nSPS) is 16.7. The van der Waals surface area contributed by atoms with Crippen LogP contribution in [0.25, 0.3) is 0 Å². The Morgan fingerprint density at radius 3 is 2.31 bits per heavy atom. The van der Waals surface area contributed by atoms with Gasteiger partial charge in [-0.2, -0.15) is 0 Å². The van der Waals surface area contributed by atoms with Crippen molar-refractivity contribution < 1.29 is 19.5 Å². The summed E-state index contributed by atoms with van der Waals surface area (Å²) in [6, 6.07) is 6.62. The summed E-state index contributed by atoms with van der Waals surface area (Å²) in [5.41, 5.74) is 1.49. The quantitative estimate of drug-likeness (QED) is 0.694. The second kappa shape index (κ2) is 8.83. The van der Waals surface area contributed by atoms with Crippen molar-refractivity contribution in [1.82, 2.24) is 5.32 Å². The van der Waals surface area contributed by atoms with Gasteiger partial charge in [0.05, 0.1) is 6.42 Å². The summed E-state index contributed by atoms with van der Waals surface area (Å²) in [6.07, 6.45) is 4.94. The minimum Gasteiger partial charge on any atom is -0.481 e. The maximum atomic E-state index is 12.2. The van der Waals surface area contributed by atoms with E-state index in [-0.39, 0.29) is 24.8 Å². The van der Waals surface area contributed by atoms with Crippen LogP contribution in [-0.4, -0.2) is 29.4 Å². The van der Waals surface area contributed by atoms with Crippen LogP contribution in [0.4, 0.5) is 5.69 Å². The van der Waals surface area contributed by atoms with Crippen molar-refractivity contribution in [2.24, 2.45) is 11.3 Å². The zero-order chi connectivity index (χ0) is 19.2. The van der Waals surface area contributed by atoms with Crippen molar-refractivity contribution in [3.63, 3.8) is 0 Å². The first-order chi connectivity index (χ1) is 12.2. The average Bonchev–Trinajstić information content (AvgIpc) is 2.57. The van der Waals surface area contributed by atoms with Crippen molar-refractivity contribution >= 4 is 23.5 Å². The molecule has 1 aliphatic rings. The summed E-state index contributed by atoms with van der Waals surface area (Å²) in [6.45, 7) is 4.65. The average molecular weight is 360 g/mol. The van der Waals surface area contributed by atoms with E-state index >= 15 is 0 Å². The Morgan fingerprint density at radius 1 is 1.12 bits per heavy atom. The SMILES string of the molecule is CC1(C)CCC(CC(=O)Nc2ccc(C(=O)NCCC(=O)O)cc2)CC1. The number of benzene rings is 1. The third kappa shape index (κ3) is 6.50. The Balaban J connectivity index is 1.78. The molecule has 0 unspecified atom stereocenters. The minimum atomic E-state index is -0.954. The van der Waals surface area contributed by atoms with Gasteiger partial charge in [-0.05, 0) is 61.3 Å². The van der Waals surface area contributed by atoms with Gasteiger partial charge in [-0.15, -0.1) is 0 Å². The number of aliphatic carboxylic acids is 1. The van der Waals surface area contributed by atoms with Gasteiger partial charge in [-0.3, -0.25) is 14.4 Å². The lowest BCUT2D eigenvalue weighted by Crippen LogP contribution is -2.26. The summed E-state index contributed by atoms with van der Waals surface area (Å²) < 4.78 is 0. The van der Waals surface area contributed by atoms with Gasteiger partial charge in [0.25, 0.3) is 5.91 Å². The number of hydrogen-bond donors (Lipinski definition) is 3. The number of carbonyl (C=O) groups excluding carboxylic acids is 2. The Hall–Kier alpha value is -2.37. The van der Waals surface area contributed by atoms with Gasteiger partial charge in [0.2, 0.25) is 5.91 Å². The molecule has 0 aliphatic heterocycles. The second-order valence-corrected chi connectivity index (χ2v) is 7.84. The Morgan fingerprint density at radius 2 is 1.73 bits per heavy atom. The Labute approximate surface area is 154 Å². The van der Waals surface area contributed by atoms with Crippen molar-refractivity contribution in [2.75, 3.05) is 11.9 Å². The molecule has 0 atom stereocenters. The highest BCUT2D eigenvalue weighted by molar-refractivity contribution is 5.96. The van der Waals surface area contributed by atoms with Gasteiger partial charge in [0, 0.05) is 24.2 Å². The van der Waals surface area contributed by atoms with Gasteiger partial charge in [0.15, 0.2) is 0 Å². The summed E-state index contributed by atoms with van der Waals surface area (Å²) in [7, 11) is 0. The van der Waals surface area contributed by atoms with Crippen LogP contribution < -0.4 is 10.6 Å². The summed E-state index contributed by atoms with van der Waals surface area (Å²) in [5.74, 6) is -0.825. The zero-order valence-electron chi connectivity index (χ0n) is 15.5. The smallest absolute Gasteiger partial charge is 0.305 e. The summed E-state index contributed by atoms with van der Waals surface area (Å²) in [5, 5.41) is 14.0. The minimum absolute atomic E-state index is 0.00775. The standard InChI is InChI=1S/C20H28N2O4/c1-20(2)10-7-14(8-11-20)13-17(23)22-16-5-3-15(4-6-16)19(26)21-12-9-18(24)25/h3-6,14H,7-13H2,1-2H3,(H,21,26)(H,22,23)(H,24,25). The Kier molecular flexibility index (Phi) is 6.77. The highest BCUT2D eigenvalue weighted by Gasteiger charge is 2.27. The fourth-order valence-electron chi connectivity index (χ4n) is 3.23. The molecule has 1 saturated carbocycles. The van der Waals surface area contributed by atoms with Crippen molar-refractivity contribution in [3.8, 4) is 0 Å². The molecule has 26 heavy (non-hydrogen) atoms. The molecule has 1 aromatic rings. The molecular weight excluding hydrogens is 332 g/mol. The molecule has 3 N–H and O–H groups in total. The highest BCUT2D eigenvalue weighted by Crippen LogP contribution is 2.39. The molecule has 2 rings (SSSR count). The number of carboxylic acid groups (broad SMARTS) is 1. The van der Waals surface area contributed by atoms with Gasteiger partial charge in [-0.25, -0.2) is 0 Å². The van der Waals surface area contributed by atoms with E-state index in [0.29, 0.717) is 29.0 Å². The number of nitrogens with one attached hydrogen (secondary N) is 2. The number of anilines is 1. The van der Waals surface area contributed by atoms with E-state index in [1.165, 1.54) is 0 Å². The first kappa shape index (κ1) is 19.9. The highest BCUT2D eigenvalue weighted by atomic mass is 16.4. The van der Waals surface area contributed by atoms with Gasteiger partial charge in [0.1, 0.15) is 0 Å². The number of rotatable bonds is 7. The monoisotopic (exact) mass is 360 g/mol. The number of carbonyl (C=O) groups is 3. The van der Waals surface area contributed by atoms with Crippen molar-refractivity contribution in [3.05, 3.63) is 29.8 Å². The van der Waals surface area contributed by atoms with E-state index in [2.05, 4.69) is 24.5 Å². The first-order valence-corrected chi connectivity index (χ1v) is 9.15. The molecule has 0 aromatic heterocycles. The van der Waals surface area contributed by atoms with Crippen LogP contribution in [0.5, 0.6) is 0 Å². The maximum absolute atomic E-state index is 12.2. The molecule has 0 heterocycles. The topological polar surface area (TPSA) is 95.5 Å². The predicted octanol–water partition coefficient (Wildman–Crippen LogP) is 3.44. The van der Waals surface area contributed by atoms with Crippen LogP contribution in [0.3, 0.4) is 0 Å². The molecule has 6 nitrogen and oxygen atoms in total. The van der Waals surface area contributed by atoms with E-state index in [0.717, 1.165) is 25.7 Å². The molecule has 0 bridgehead atoms. The third-order valence-corrected chi connectivity index (χ3v) is 4.99. The van der Waals surface area contributed by atoms with Crippen LogP contribution in [0.2, 0.25) is 0 Å². The van der Waals surface area contributed by atoms with E-state index in [1.807, 2.05) is 0 Å². The van der Waals surface area contributed by atoms with Crippen LogP contribution in [0, 0.1) is 11.3 Å². The number of hydrogen-bond acceptors (Lipinski definition) is 3. The molecular formula is C20H28N2O4. The lowest BCUT2D eigenvalue weighted by Gasteiger charge is -2.34. The molecule has 1 aliphatic carbocycles. The Bertz CT molecular complexity index is 642. The molecule has 1 aromatic carbocycles. The van der Waals surface area contributed by atoms with E-state index < -0.39 is 5.97 Å². The summed E-state index contributed by atoms with van der Waals surface area (Å²) in [4.78, 5) is 34.6. The van der Waals surface area contributed by atoms with Gasteiger partial charge >= 0.3 is 5.97 Å². The van der Waals surface area contributed by atoms with Gasteiger partial charge in [-0.1, -0.05) is 13.8 Å². The van der Waals surface area contributed by atoms with Crippen molar-refractivity contribution in [1.29, 1.82) is 0 Å². The molecule has 2 amide bonds. The predicted molar refractivity (Wildman–Crippen MR) is 100 cm³/mol. The van der Waals surface area contributed by atoms with Gasteiger partial charge < -0.3 is 15.7 Å². The lowest BCUT2D eigenvalue weighted by molar-refractivity contribution is -0.136. The van der Waals surface area contributed by atoms with Crippen LogP contribution in [0.15, 0.2) is 24.3 Å². The largest absolute Gasteiger partial charge is 0.481 e. The third-order valence-electron chi connectivity index (χ3n) is 4.99. The zero-order valence-corrected chi connectivity index (χ0v) is 15.5. The van der Waals surface area contributed by atoms with E-state index in [9.17, 15) is 14.4 Å². The summed E-state index contributed by atoms with van der Waals surface area (Å²) >= 11 is 0. The lowest BCUT2D eigenvalue weighted by atomic mass is 9.72. The molecule has 1 fully saturated rings. The second-order valence-electron chi connectivity index (χ2n) is 7.84. The molecule has 0 spiro atoms. The van der Waals surface area contributed by atoms with E-state index in [1.54, 1.807) is 24.3 Å². The molecule has 0 saturated heterocycles. The molecule has 0 radical (unpaired) electrons. The maximum Gasteiger partial charge on any atom is 0.305 e. The van der Waals surface area contributed by atoms with E-state index in [4.69, 9.17) is 5.11 Å². The fourth-order valence-corrected chi connectivity index (χ4v) is 3.23. The number of carboxylic acids is 1. The first-order valence-electron chi connectivity index (χ1n) is 9.15. The fraction of sp³-hybridized carbons (Fsp3) is 0.550. The molecule has 142 valence electrons. The number of amides is 2. The van der Waals surface area contributed by atoms with Crippen molar-refractivity contribution in [2.45, 2.75) is 52.4 Å². The molecule has 6 heteroatoms.